The fourth-order valence-electron chi connectivity index (χ4n) is 2.51. The van der Waals surface area contributed by atoms with E-state index in [9.17, 15) is 22.8 Å². The number of methoxy groups -OCH3 is 2. The number of guanidine groups is 1. The summed E-state index contributed by atoms with van der Waals surface area (Å²) in [4.78, 5) is 40.3. The molecule has 3 amide bonds. The third-order valence-corrected chi connectivity index (χ3v) is 6.80. The lowest BCUT2D eigenvalue weighted by atomic mass is 10.2. The van der Waals surface area contributed by atoms with Gasteiger partial charge in [0.2, 0.25) is 21.7 Å². The normalized spacial score (nSPS) is 10.6. The SMILES string of the molecule is CCC(=O)Nc1cc(S(=O)(=O)c2ccc(SC)cc2)ccc1N=C(NC(=O)OC)NC(=O)OC. The standard InChI is InChI=1S/C21H24N4O7S2/c1-5-18(26)22-17-12-15(34(29,30)14-8-6-13(33-4)7-9-14)10-11-16(17)23-19(24-20(27)31-2)25-21(28)32-3/h6-12H,5H2,1-4H3,(H,22,26)(H2,23,24,25,27,28). The van der Waals surface area contributed by atoms with Gasteiger partial charge in [-0.2, -0.15) is 0 Å². The van der Waals surface area contributed by atoms with Crippen molar-refractivity contribution >= 4 is 57.0 Å². The Morgan fingerprint density at radius 1 is 0.941 bits per heavy atom. The van der Waals surface area contributed by atoms with Gasteiger partial charge in [-0.3, -0.25) is 15.4 Å². The maximum absolute atomic E-state index is 13.1. The lowest BCUT2D eigenvalue weighted by Gasteiger charge is -2.13. The van der Waals surface area contributed by atoms with Crippen molar-refractivity contribution in [1.29, 1.82) is 0 Å². The Labute approximate surface area is 201 Å². The summed E-state index contributed by atoms with van der Waals surface area (Å²) in [6.07, 6.45) is 0.137. The molecule has 0 aliphatic rings. The molecule has 0 spiro atoms. The van der Waals surface area contributed by atoms with Crippen molar-refractivity contribution < 1.29 is 32.3 Å². The van der Waals surface area contributed by atoms with E-state index in [2.05, 4.69) is 30.4 Å². The van der Waals surface area contributed by atoms with E-state index in [0.29, 0.717) is 0 Å². The lowest BCUT2D eigenvalue weighted by molar-refractivity contribution is -0.115. The van der Waals surface area contributed by atoms with Gasteiger partial charge in [-0.05, 0) is 48.7 Å². The topological polar surface area (TPSA) is 152 Å². The summed E-state index contributed by atoms with van der Waals surface area (Å²) in [6.45, 7) is 1.62. The van der Waals surface area contributed by atoms with Crippen molar-refractivity contribution in [3.8, 4) is 0 Å². The highest BCUT2D eigenvalue weighted by atomic mass is 32.2. The number of hydrogen-bond acceptors (Lipinski definition) is 9. The van der Waals surface area contributed by atoms with Gasteiger partial charge in [0, 0.05) is 11.3 Å². The number of ether oxygens (including phenoxy) is 2. The van der Waals surface area contributed by atoms with Crippen molar-refractivity contribution in [2.75, 3.05) is 25.8 Å². The summed E-state index contributed by atoms with van der Waals surface area (Å²) in [5, 5.41) is 6.98. The zero-order valence-electron chi connectivity index (χ0n) is 18.9. The highest BCUT2D eigenvalue weighted by Crippen LogP contribution is 2.31. The van der Waals surface area contributed by atoms with Crippen molar-refractivity contribution in [2.45, 2.75) is 28.0 Å². The number of aliphatic imine (C=N–C) groups is 1. The van der Waals surface area contributed by atoms with Gasteiger partial charge in [0.1, 0.15) is 0 Å². The van der Waals surface area contributed by atoms with Crippen LogP contribution in [0, 0.1) is 0 Å². The molecule has 0 aromatic heterocycles. The third-order valence-electron chi connectivity index (χ3n) is 4.29. The summed E-state index contributed by atoms with van der Waals surface area (Å²) in [5.74, 6) is -0.771. The second-order valence-electron chi connectivity index (χ2n) is 6.45. The van der Waals surface area contributed by atoms with Crippen LogP contribution in [0.25, 0.3) is 0 Å². The number of benzene rings is 2. The van der Waals surface area contributed by atoms with Crippen LogP contribution in [0.1, 0.15) is 13.3 Å². The number of carbonyl (C=O) groups is 3. The summed E-state index contributed by atoms with van der Waals surface area (Å²) < 4.78 is 35.3. The van der Waals surface area contributed by atoms with Crippen LogP contribution in [0.2, 0.25) is 0 Å². The van der Waals surface area contributed by atoms with Gasteiger partial charge >= 0.3 is 12.2 Å². The van der Waals surface area contributed by atoms with E-state index in [4.69, 9.17) is 0 Å². The number of alkyl carbamates (subject to hydrolysis) is 2. The molecule has 13 heteroatoms. The minimum absolute atomic E-state index is 0.0458. The lowest BCUT2D eigenvalue weighted by Crippen LogP contribution is -2.43. The predicted octanol–water partition coefficient (Wildman–Crippen LogP) is 3.29. The smallest absolute Gasteiger partial charge is 0.413 e. The van der Waals surface area contributed by atoms with Gasteiger partial charge in [0.25, 0.3) is 0 Å². The molecule has 182 valence electrons. The number of carbonyl (C=O) groups excluding carboxylic acids is 3. The van der Waals surface area contributed by atoms with Gasteiger partial charge in [-0.1, -0.05) is 6.92 Å². The molecule has 0 heterocycles. The molecule has 0 unspecified atom stereocenters. The van der Waals surface area contributed by atoms with E-state index in [0.717, 1.165) is 19.1 Å². The van der Waals surface area contributed by atoms with Gasteiger partial charge in [-0.15, -0.1) is 11.8 Å². The number of nitrogens with one attached hydrogen (secondary N) is 3. The number of sulfone groups is 1. The number of nitrogens with zero attached hydrogens (tertiary/aromatic N) is 1. The van der Waals surface area contributed by atoms with E-state index in [1.807, 2.05) is 6.26 Å². The molecule has 3 N–H and O–H groups in total. The van der Waals surface area contributed by atoms with Crippen LogP contribution >= 0.6 is 11.8 Å². The molecule has 0 aliphatic carbocycles. The molecule has 34 heavy (non-hydrogen) atoms. The van der Waals surface area contributed by atoms with Crippen LogP contribution < -0.4 is 16.0 Å². The van der Waals surface area contributed by atoms with Gasteiger partial charge in [0.15, 0.2) is 0 Å². The first-order chi connectivity index (χ1) is 16.1. The minimum atomic E-state index is -3.91. The zero-order chi connectivity index (χ0) is 25.3. The Balaban J connectivity index is 2.57. The van der Waals surface area contributed by atoms with Crippen LogP contribution in [0.5, 0.6) is 0 Å². The number of rotatable bonds is 6. The first-order valence-corrected chi connectivity index (χ1v) is 12.5. The number of thioether (sulfide) groups is 1. The molecule has 0 saturated heterocycles. The van der Waals surface area contributed by atoms with E-state index >= 15 is 0 Å². The maximum Gasteiger partial charge on any atom is 0.413 e. The molecule has 11 nitrogen and oxygen atoms in total. The summed E-state index contributed by atoms with van der Waals surface area (Å²) >= 11 is 1.48. The predicted molar refractivity (Wildman–Crippen MR) is 127 cm³/mol. The average molecular weight is 509 g/mol. The number of amides is 3. The van der Waals surface area contributed by atoms with Crippen LogP contribution in [-0.2, 0) is 24.1 Å². The molecule has 0 radical (unpaired) electrons. The van der Waals surface area contributed by atoms with Crippen LogP contribution in [0.3, 0.4) is 0 Å². The number of hydrogen-bond donors (Lipinski definition) is 3. The Bertz CT molecular complexity index is 1180. The second kappa shape index (κ2) is 12.0. The van der Waals surface area contributed by atoms with Crippen molar-refractivity contribution in [2.24, 2.45) is 4.99 Å². The van der Waals surface area contributed by atoms with Gasteiger partial charge < -0.3 is 14.8 Å². The quantitative estimate of drug-likeness (QED) is 0.305. The van der Waals surface area contributed by atoms with E-state index < -0.39 is 27.9 Å². The summed E-state index contributed by atoms with van der Waals surface area (Å²) in [6, 6.07) is 10.3. The Hall–Kier alpha value is -3.58. The summed E-state index contributed by atoms with van der Waals surface area (Å²) in [5.41, 5.74) is 0.103. The molecule has 0 aliphatic heterocycles. The minimum Gasteiger partial charge on any atom is -0.453 e. The molecule has 0 bridgehead atoms. The molecule has 2 aromatic rings. The molecular formula is C21H24N4O7S2. The second-order valence-corrected chi connectivity index (χ2v) is 9.28. The van der Waals surface area contributed by atoms with Crippen molar-refractivity contribution in [3.63, 3.8) is 0 Å². The first kappa shape index (κ1) is 26.7. The molecular weight excluding hydrogens is 484 g/mol. The van der Waals surface area contributed by atoms with Gasteiger partial charge in [0.05, 0.1) is 35.4 Å². The van der Waals surface area contributed by atoms with Crippen LogP contribution in [0.4, 0.5) is 21.0 Å². The largest absolute Gasteiger partial charge is 0.453 e. The monoisotopic (exact) mass is 508 g/mol. The fourth-order valence-corrected chi connectivity index (χ4v) is 4.21. The zero-order valence-corrected chi connectivity index (χ0v) is 20.5. The average Bonchev–Trinajstić information content (AvgIpc) is 2.84. The highest BCUT2D eigenvalue weighted by Gasteiger charge is 2.20. The van der Waals surface area contributed by atoms with Crippen LogP contribution in [-0.4, -0.2) is 52.9 Å². The van der Waals surface area contributed by atoms with E-state index in [1.165, 1.54) is 42.1 Å². The maximum atomic E-state index is 13.1. The van der Waals surface area contributed by atoms with Gasteiger partial charge in [-0.25, -0.2) is 23.0 Å². The Kier molecular flexibility index (Phi) is 9.45. The Morgan fingerprint density at radius 3 is 2.00 bits per heavy atom. The fraction of sp³-hybridized carbons (Fsp3) is 0.238. The third kappa shape index (κ3) is 6.96. The van der Waals surface area contributed by atoms with E-state index in [-0.39, 0.29) is 33.5 Å². The van der Waals surface area contributed by atoms with E-state index in [1.54, 1.807) is 19.1 Å². The van der Waals surface area contributed by atoms with Crippen molar-refractivity contribution in [1.82, 2.24) is 10.6 Å². The molecule has 0 saturated carbocycles. The number of anilines is 1. The first-order valence-electron chi connectivity index (χ1n) is 9.76. The van der Waals surface area contributed by atoms with Crippen LogP contribution in [0.15, 0.2) is 62.1 Å². The Morgan fingerprint density at radius 2 is 1.50 bits per heavy atom. The molecule has 0 fully saturated rings. The summed E-state index contributed by atoms with van der Waals surface area (Å²) in [7, 11) is -1.68. The molecule has 2 rings (SSSR count). The highest BCUT2D eigenvalue weighted by molar-refractivity contribution is 7.98. The molecule has 0 atom stereocenters. The van der Waals surface area contributed by atoms with Crippen molar-refractivity contribution in [3.05, 3.63) is 42.5 Å². The molecule has 2 aromatic carbocycles.